The summed E-state index contributed by atoms with van der Waals surface area (Å²) in [6.07, 6.45) is -6.85. The molecular formula is C35H39F3N2O5Si. The molecule has 2 heterocycles. The minimum Gasteiger partial charge on any atom is -0.411 e. The number of hydrogen-bond acceptors (Lipinski definition) is 5. The molecule has 46 heavy (non-hydrogen) atoms. The smallest absolute Gasteiger partial charge is 0.411 e. The summed E-state index contributed by atoms with van der Waals surface area (Å²) < 4.78 is 62.0. The van der Waals surface area contributed by atoms with Crippen molar-refractivity contribution in [3.63, 3.8) is 0 Å². The number of aromatic nitrogens is 2. The summed E-state index contributed by atoms with van der Waals surface area (Å²) in [4.78, 5) is 26.7. The van der Waals surface area contributed by atoms with Crippen LogP contribution in [0.3, 0.4) is 0 Å². The monoisotopic (exact) mass is 652 g/mol. The van der Waals surface area contributed by atoms with E-state index in [1.54, 1.807) is 4.98 Å². The summed E-state index contributed by atoms with van der Waals surface area (Å²) in [6, 6.07) is 29.3. The maximum Gasteiger partial charge on any atom is 0.423 e. The third kappa shape index (κ3) is 6.68. The third-order valence-corrected chi connectivity index (χ3v) is 13.5. The molecule has 1 aliphatic rings. The number of alkyl halides is 3. The standard InChI is InChI=1S/C35H39F3N2O5Si/c1-33(2,3)46(4,5)45-28-21-30(40-22-27(35(36,37)38)31(41)39-32(40)42)44-29(28)23-43-34(24-15-9-6-10-16-24,25-17-11-7-12-18-25)26-19-13-8-14-20-26/h6-20,22,28-30H,21,23H2,1-5H3,(H,39,41,42)/t28-,29+,30+/m0/s1. The lowest BCUT2D eigenvalue weighted by Gasteiger charge is -2.40. The van der Waals surface area contributed by atoms with Crippen molar-refractivity contribution in [3.05, 3.63) is 140 Å². The van der Waals surface area contributed by atoms with Crippen LogP contribution < -0.4 is 11.2 Å². The maximum atomic E-state index is 13.7. The van der Waals surface area contributed by atoms with E-state index in [-0.39, 0.29) is 18.1 Å². The van der Waals surface area contributed by atoms with Gasteiger partial charge in [-0.1, -0.05) is 112 Å². The normalized spacial score (nSPS) is 19.3. The van der Waals surface area contributed by atoms with Crippen LogP contribution in [0.2, 0.25) is 18.1 Å². The second-order valence-corrected chi connectivity index (χ2v) is 17.8. The molecule has 0 unspecified atom stereocenters. The van der Waals surface area contributed by atoms with E-state index in [2.05, 4.69) is 33.9 Å². The van der Waals surface area contributed by atoms with Gasteiger partial charge >= 0.3 is 11.9 Å². The Morgan fingerprint density at radius 1 is 0.848 bits per heavy atom. The number of aromatic amines is 1. The molecule has 0 radical (unpaired) electrons. The van der Waals surface area contributed by atoms with Crippen molar-refractivity contribution in [2.45, 2.75) is 75.5 Å². The van der Waals surface area contributed by atoms with Gasteiger partial charge in [-0.2, -0.15) is 13.2 Å². The van der Waals surface area contributed by atoms with Crippen LogP contribution in [0, 0.1) is 0 Å². The Hall–Kier alpha value is -3.77. The van der Waals surface area contributed by atoms with Gasteiger partial charge in [0.1, 0.15) is 23.5 Å². The van der Waals surface area contributed by atoms with Crippen molar-refractivity contribution in [3.8, 4) is 0 Å². The molecule has 3 aromatic carbocycles. The number of halogens is 3. The zero-order valence-corrected chi connectivity index (χ0v) is 27.5. The zero-order valence-electron chi connectivity index (χ0n) is 26.5. The Labute approximate surface area is 267 Å². The Bertz CT molecular complexity index is 1640. The van der Waals surface area contributed by atoms with Crippen LogP contribution in [0.25, 0.3) is 0 Å². The lowest BCUT2D eigenvalue weighted by molar-refractivity contribution is -0.139. The number of benzene rings is 3. The van der Waals surface area contributed by atoms with Gasteiger partial charge in [-0.15, -0.1) is 0 Å². The molecule has 0 amide bonds. The topological polar surface area (TPSA) is 82.6 Å². The van der Waals surface area contributed by atoms with E-state index in [4.69, 9.17) is 13.9 Å². The fraction of sp³-hybridized carbons (Fsp3) is 0.371. The number of ether oxygens (including phenoxy) is 2. The second kappa shape index (κ2) is 12.8. The largest absolute Gasteiger partial charge is 0.423 e. The van der Waals surface area contributed by atoms with Gasteiger partial charge < -0.3 is 13.9 Å². The van der Waals surface area contributed by atoms with Crippen LogP contribution in [0.4, 0.5) is 13.2 Å². The maximum absolute atomic E-state index is 13.7. The Kier molecular flexibility index (Phi) is 9.34. The van der Waals surface area contributed by atoms with Crippen LogP contribution >= 0.6 is 0 Å². The molecule has 11 heteroatoms. The first-order valence-electron chi connectivity index (χ1n) is 15.2. The highest BCUT2D eigenvalue weighted by molar-refractivity contribution is 6.74. The summed E-state index contributed by atoms with van der Waals surface area (Å²) in [5.74, 6) is 0. The molecular weight excluding hydrogens is 613 g/mol. The highest BCUT2D eigenvalue weighted by Gasteiger charge is 2.47. The Balaban J connectivity index is 1.58. The van der Waals surface area contributed by atoms with Crippen molar-refractivity contribution >= 4 is 8.32 Å². The lowest BCUT2D eigenvalue weighted by Crippen LogP contribution is -2.47. The average Bonchev–Trinajstić information content (AvgIpc) is 3.39. The SMILES string of the molecule is CC(C)(C)[Si](C)(C)O[C@H]1C[C@H](n2cc(C(F)(F)F)c(=O)[nH]c2=O)O[C@@H]1COC(c1ccccc1)(c1ccccc1)c1ccccc1. The number of rotatable bonds is 9. The van der Waals surface area contributed by atoms with Gasteiger partial charge in [0.05, 0.1) is 12.7 Å². The van der Waals surface area contributed by atoms with Crippen molar-refractivity contribution in [2.24, 2.45) is 0 Å². The predicted molar refractivity (Wildman–Crippen MR) is 172 cm³/mol. The van der Waals surface area contributed by atoms with E-state index >= 15 is 0 Å². The first kappa shape index (κ1) is 33.6. The van der Waals surface area contributed by atoms with Gasteiger partial charge in [-0.25, -0.2) is 4.79 Å². The Morgan fingerprint density at radius 3 is 1.76 bits per heavy atom. The summed E-state index contributed by atoms with van der Waals surface area (Å²) in [5.41, 5.74) is -2.44. The fourth-order valence-corrected chi connectivity index (χ4v) is 6.94. The average molecular weight is 653 g/mol. The van der Waals surface area contributed by atoms with Gasteiger partial charge in [0.2, 0.25) is 0 Å². The molecule has 7 nitrogen and oxygen atoms in total. The first-order chi connectivity index (χ1) is 21.6. The second-order valence-electron chi connectivity index (χ2n) is 13.1. The van der Waals surface area contributed by atoms with E-state index in [1.165, 1.54) is 0 Å². The first-order valence-corrected chi connectivity index (χ1v) is 18.1. The molecule has 1 fully saturated rings. The lowest BCUT2D eigenvalue weighted by atomic mass is 9.80. The van der Waals surface area contributed by atoms with Gasteiger partial charge in [0.15, 0.2) is 8.32 Å². The highest BCUT2D eigenvalue weighted by Crippen LogP contribution is 2.44. The summed E-state index contributed by atoms with van der Waals surface area (Å²) in [5, 5.41) is -0.184. The summed E-state index contributed by atoms with van der Waals surface area (Å²) >= 11 is 0. The van der Waals surface area contributed by atoms with Gasteiger partial charge in [-0.3, -0.25) is 14.3 Å². The third-order valence-electron chi connectivity index (χ3n) is 9.02. The molecule has 244 valence electrons. The van der Waals surface area contributed by atoms with Gasteiger partial charge in [0.25, 0.3) is 5.56 Å². The van der Waals surface area contributed by atoms with E-state index in [0.29, 0.717) is 6.20 Å². The molecule has 1 aliphatic heterocycles. The quantitative estimate of drug-likeness (QED) is 0.152. The molecule has 1 saturated heterocycles. The van der Waals surface area contributed by atoms with Crippen LogP contribution in [-0.4, -0.2) is 36.7 Å². The molecule has 5 rings (SSSR count). The zero-order chi connectivity index (χ0) is 33.3. The van der Waals surface area contributed by atoms with Crippen LogP contribution in [0.1, 0.15) is 55.7 Å². The molecule has 0 spiro atoms. The van der Waals surface area contributed by atoms with Gasteiger partial charge in [-0.05, 0) is 34.8 Å². The molecule has 0 bridgehead atoms. The van der Waals surface area contributed by atoms with Gasteiger partial charge in [0, 0.05) is 12.6 Å². The number of nitrogens with one attached hydrogen (secondary N) is 1. The van der Waals surface area contributed by atoms with Crippen molar-refractivity contribution in [1.29, 1.82) is 0 Å². The van der Waals surface area contributed by atoms with Crippen LogP contribution in [0.15, 0.2) is 107 Å². The Morgan fingerprint density at radius 2 is 1.33 bits per heavy atom. The molecule has 0 aliphatic carbocycles. The fourth-order valence-electron chi connectivity index (χ4n) is 5.58. The number of H-pyrrole nitrogens is 1. The van der Waals surface area contributed by atoms with E-state index < -0.39 is 55.3 Å². The number of nitrogens with zero attached hydrogens (tertiary/aromatic N) is 1. The minimum absolute atomic E-state index is 0.0152. The molecule has 1 N–H and O–H groups in total. The molecule has 0 saturated carbocycles. The minimum atomic E-state index is -4.96. The molecule has 3 atom stereocenters. The van der Waals surface area contributed by atoms with E-state index in [9.17, 15) is 22.8 Å². The van der Waals surface area contributed by atoms with E-state index in [1.807, 2.05) is 91.0 Å². The molecule has 1 aromatic heterocycles. The predicted octanol–water partition coefficient (Wildman–Crippen LogP) is 7.24. The van der Waals surface area contributed by atoms with Crippen molar-refractivity contribution in [2.75, 3.05) is 6.61 Å². The van der Waals surface area contributed by atoms with Crippen molar-refractivity contribution < 1.29 is 27.1 Å². The van der Waals surface area contributed by atoms with E-state index in [0.717, 1.165) is 21.3 Å². The van der Waals surface area contributed by atoms with Crippen LogP contribution in [0.5, 0.6) is 0 Å². The van der Waals surface area contributed by atoms with Crippen molar-refractivity contribution in [1.82, 2.24) is 9.55 Å². The molecule has 4 aromatic rings. The summed E-state index contributed by atoms with van der Waals surface area (Å²) in [7, 11) is -2.43. The number of hydrogen-bond donors (Lipinski definition) is 1. The summed E-state index contributed by atoms with van der Waals surface area (Å²) in [6.45, 7) is 10.4. The highest BCUT2D eigenvalue weighted by atomic mass is 28.4. The van der Waals surface area contributed by atoms with Crippen LogP contribution in [-0.2, 0) is 25.7 Å².